The van der Waals surface area contributed by atoms with Gasteiger partial charge in [-0.1, -0.05) is 35.6 Å². The zero-order chi connectivity index (χ0) is 15.3. The van der Waals surface area contributed by atoms with E-state index in [0.29, 0.717) is 20.0 Å². The number of carbonyl (C=O) groups is 1. The van der Waals surface area contributed by atoms with Crippen LogP contribution in [0.2, 0.25) is 5.02 Å². The van der Waals surface area contributed by atoms with Crippen LogP contribution >= 0.6 is 35.6 Å². The summed E-state index contributed by atoms with van der Waals surface area (Å²) < 4.78 is 6.32. The number of pyridine rings is 1. The molecule has 4 rings (SSSR count). The molecule has 2 aromatic heterocycles. The van der Waals surface area contributed by atoms with Crippen LogP contribution in [-0.4, -0.2) is 15.2 Å². The number of nitrogens with zero attached hydrogens (tertiary/aromatic N) is 1. The summed E-state index contributed by atoms with van der Waals surface area (Å²) >= 11 is 12.2. The first-order valence-electron chi connectivity index (χ1n) is 6.33. The number of thiocarbonyl (C=S) groups is 1. The van der Waals surface area contributed by atoms with E-state index in [1.165, 1.54) is 11.8 Å². The molecular formula is C15H7ClN2O2S2. The van der Waals surface area contributed by atoms with Gasteiger partial charge in [-0.2, -0.15) is 0 Å². The van der Waals surface area contributed by atoms with E-state index in [0.717, 1.165) is 21.9 Å². The third-order valence-electron chi connectivity index (χ3n) is 3.24. The van der Waals surface area contributed by atoms with Gasteiger partial charge in [0.2, 0.25) is 0 Å². The van der Waals surface area contributed by atoms with Crippen LogP contribution in [0, 0.1) is 0 Å². The molecule has 0 aliphatic carbocycles. The van der Waals surface area contributed by atoms with Gasteiger partial charge in [0.1, 0.15) is 15.7 Å². The maximum absolute atomic E-state index is 11.7. The molecule has 22 heavy (non-hydrogen) atoms. The highest BCUT2D eigenvalue weighted by molar-refractivity contribution is 8.26. The molecule has 0 spiro atoms. The van der Waals surface area contributed by atoms with Gasteiger partial charge in [0.15, 0.2) is 0 Å². The standard InChI is InChI=1S/C15H7ClN2O2S2/c16-8-1-2-10-11(4-8)17-6-7-3-9(20-13(7)10)5-12-14(19)18-15(21)22-12/h1-6H,(H,18,19,21)/b12-5-. The van der Waals surface area contributed by atoms with Gasteiger partial charge < -0.3 is 9.73 Å². The average Bonchev–Trinajstić information content (AvgIpc) is 3.01. The molecule has 1 saturated heterocycles. The lowest BCUT2D eigenvalue weighted by Crippen LogP contribution is -2.17. The third-order valence-corrected chi connectivity index (χ3v) is 4.64. The van der Waals surface area contributed by atoms with Crippen molar-refractivity contribution in [3.8, 4) is 0 Å². The van der Waals surface area contributed by atoms with Gasteiger partial charge in [-0.15, -0.1) is 0 Å². The van der Waals surface area contributed by atoms with Crippen LogP contribution in [-0.2, 0) is 4.79 Å². The highest BCUT2D eigenvalue weighted by Crippen LogP contribution is 2.31. The van der Waals surface area contributed by atoms with Crippen molar-refractivity contribution in [3.05, 3.63) is 46.2 Å². The summed E-state index contributed by atoms with van der Waals surface area (Å²) in [6, 6.07) is 7.30. The molecule has 1 N–H and O–H groups in total. The highest BCUT2D eigenvalue weighted by Gasteiger charge is 2.22. The molecule has 0 bridgehead atoms. The maximum atomic E-state index is 11.7. The van der Waals surface area contributed by atoms with Crippen molar-refractivity contribution in [2.75, 3.05) is 0 Å². The minimum atomic E-state index is -0.203. The van der Waals surface area contributed by atoms with Crippen LogP contribution in [0.15, 0.2) is 39.8 Å². The molecule has 108 valence electrons. The van der Waals surface area contributed by atoms with Crippen molar-refractivity contribution in [2.45, 2.75) is 0 Å². The number of fused-ring (bicyclic) bond motifs is 3. The number of nitrogens with one attached hydrogen (secondary N) is 1. The molecule has 1 aliphatic heterocycles. The second-order valence-electron chi connectivity index (χ2n) is 4.71. The normalized spacial score (nSPS) is 16.9. The van der Waals surface area contributed by atoms with E-state index in [2.05, 4.69) is 10.3 Å². The molecule has 0 saturated carbocycles. The number of furan rings is 1. The number of benzene rings is 1. The second-order valence-corrected chi connectivity index (χ2v) is 6.86. The smallest absolute Gasteiger partial charge is 0.263 e. The van der Waals surface area contributed by atoms with Gasteiger partial charge in [-0.3, -0.25) is 9.78 Å². The van der Waals surface area contributed by atoms with E-state index in [1.807, 2.05) is 12.1 Å². The lowest BCUT2D eigenvalue weighted by Gasteiger charge is -1.98. The number of carbonyl (C=O) groups excluding carboxylic acids is 1. The molecule has 3 aromatic rings. The summed E-state index contributed by atoms with van der Waals surface area (Å²) in [5, 5.41) is 4.95. The Morgan fingerprint density at radius 2 is 2.23 bits per heavy atom. The number of hydrogen-bond donors (Lipinski definition) is 1. The van der Waals surface area contributed by atoms with E-state index in [9.17, 15) is 4.79 Å². The number of rotatable bonds is 1. The lowest BCUT2D eigenvalue weighted by molar-refractivity contribution is -0.115. The third kappa shape index (κ3) is 2.29. The zero-order valence-corrected chi connectivity index (χ0v) is 13.3. The lowest BCUT2D eigenvalue weighted by atomic mass is 10.2. The van der Waals surface area contributed by atoms with Crippen molar-refractivity contribution in [2.24, 2.45) is 0 Å². The Balaban J connectivity index is 1.87. The van der Waals surface area contributed by atoms with Crippen molar-refractivity contribution in [1.82, 2.24) is 10.3 Å². The number of halogens is 1. The Morgan fingerprint density at radius 1 is 1.36 bits per heavy atom. The number of aromatic nitrogens is 1. The fourth-order valence-electron chi connectivity index (χ4n) is 2.30. The Bertz CT molecular complexity index is 994. The van der Waals surface area contributed by atoms with Crippen LogP contribution < -0.4 is 5.32 Å². The molecule has 0 unspecified atom stereocenters. The molecule has 7 heteroatoms. The van der Waals surface area contributed by atoms with E-state index in [4.69, 9.17) is 28.2 Å². The van der Waals surface area contributed by atoms with E-state index in [-0.39, 0.29) is 5.91 Å². The fraction of sp³-hybridized carbons (Fsp3) is 0. The fourth-order valence-corrected chi connectivity index (χ4v) is 3.49. The first-order chi connectivity index (χ1) is 10.6. The quantitative estimate of drug-likeness (QED) is 0.530. The average molecular weight is 347 g/mol. The van der Waals surface area contributed by atoms with Gasteiger partial charge in [0.05, 0.1) is 10.4 Å². The van der Waals surface area contributed by atoms with Gasteiger partial charge in [0, 0.05) is 28.1 Å². The van der Waals surface area contributed by atoms with Crippen LogP contribution in [0.3, 0.4) is 0 Å². The van der Waals surface area contributed by atoms with Crippen LogP contribution in [0.25, 0.3) is 27.9 Å². The van der Waals surface area contributed by atoms with Gasteiger partial charge in [-0.25, -0.2) is 0 Å². The Hall–Kier alpha value is -1.89. The maximum Gasteiger partial charge on any atom is 0.263 e. The minimum absolute atomic E-state index is 0.203. The molecule has 1 aromatic carbocycles. The molecular weight excluding hydrogens is 340 g/mol. The second kappa shape index (κ2) is 5.08. The first-order valence-corrected chi connectivity index (χ1v) is 7.93. The summed E-state index contributed by atoms with van der Waals surface area (Å²) in [4.78, 5) is 16.6. The Kier molecular flexibility index (Phi) is 3.18. The molecule has 3 heterocycles. The van der Waals surface area contributed by atoms with Crippen LogP contribution in [0.5, 0.6) is 0 Å². The first kappa shape index (κ1) is 13.8. The van der Waals surface area contributed by atoms with E-state index < -0.39 is 0 Å². The van der Waals surface area contributed by atoms with Gasteiger partial charge in [0.25, 0.3) is 5.91 Å². The van der Waals surface area contributed by atoms with E-state index >= 15 is 0 Å². The molecule has 0 radical (unpaired) electrons. The predicted molar refractivity (Wildman–Crippen MR) is 92.8 cm³/mol. The van der Waals surface area contributed by atoms with Crippen molar-refractivity contribution < 1.29 is 9.21 Å². The molecule has 1 fully saturated rings. The zero-order valence-electron chi connectivity index (χ0n) is 10.9. The molecule has 1 amide bonds. The summed E-state index contributed by atoms with van der Waals surface area (Å²) in [5.41, 5.74) is 1.49. The number of amides is 1. The SMILES string of the molecule is O=C1NC(=S)S/C1=C\c1cc2cnc3cc(Cl)ccc3c2o1. The Labute approximate surface area is 139 Å². The number of hydrogen-bond acceptors (Lipinski definition) is 5. The summed E-state index contributed by atoms with van der Waals surface area (Å²) in [5.74, 6) is 0.381. The van der Waals surface area contributed by atoms with E-state index in [1.54, 1.807) is 24.4 Å². The molecule has 4 nitrogen and oxygen atoms in total. The van der Waals surface area contributed by atoms with Crippen molar-refractivity contribution in [1.29, 1.82) is 0 Å². The predicted octanol–water partition coefficient (Wildman–Crippen LogP) is 4.12. The minimum Gasteiger partial charge on any atom is -0.456 e. The highest BCUT2D eigenvalue weighted by atomic mass is 35.5. The van der Waals surface area contributed by atoms with Gasteiger partial charge >= 0.3 is 0 Å². The topological polar surface area (TPSA) is 55.1 Å². The molecule has 0 atom stereocenters. The van der Waals surface area contributed by atoms with Crippen molar-refractivity contribution >= 4 is 73.8 Å². The van der Waals surface area contributed by atoms with Gasteiger partial charge in [-0.05, 0) is 24.3 Å². The monoisotopic (exact) mass is 346 g/mol. The van der Waals surface area contributed by atoms with Crippen LogP contribution in [0.4, 0.5) is 0 Å². The van der Waals surface area contributed by atoms with Crippen LogP contribution in [0.1, 0.15) is 5.76 Å². The molecule has 1 aliphatic rings. The number of thioether (sulfide) groups is 1. The van der Waals surface area contributed by atoms with Crippen molar-refractivity contribution in [3.63, 3.8) is 0 Å². The summed E-state index contributed by atoms with van der Waals surface area (Å²) in [7, 11) is 0. The Morgan fingerprint density at radius 3 is 3.00 bits per heavy atom. The summed E-state index contributed by atoms with van der Waals surface area (Å²) in [6.45, 7) is 0. The largest absolute Gasteiger partial charge is 0.456 e. The summed E-state index contributed by atoms with van der Waals surface area (Å²) in [6.07, 6.45) is 3.41.